The Labute approximate surface area is 211 Å². The minimum atomic E-state index is -1.38. The van der Waals surface area contributed by atoms with E-state index in [0.29, 0.717) is 16.9 Å². The Morgan fingerprint density at radius 2 is 1.70 bits per heavy atom. The van der Waals surface area contributed by atoms with Crippen molar-refractivity contribution >= 4 is 45.8 Å². The van der Waals surface area contributed by atoms with Crippen LogP contribution in [0.3, 0.4) is 0 Å². The van der Waals surface area contributed by atoms with Gasteiger partial charge in [-0.1, -0.05) is 11.6 Å². The average molecular weight is 523 g/mol. The number of benzene rings is 3. The van der Waals surface area contributed by atoms with Crippen LogP contribution in [0.5, 0.6) is 0 Å². The predicted octanol–water partition coefficient (Wildman–Crippen LogP) is 5.76. The number of carbonyl (C=O) groups is 2. The number of carbonyl (C=O) groups excluding carboxylic acids is 2. The number of nitrogens with zero attached hydrogens (tertiary/aromatic N) is 4. The Hall–Kier alpha value is -4.77. The molecule has 184 valence electrons. The highest BCUT2D eigenvalue weighted by Gasteiger charge is 2.20. The fourth-order valence-electron chi connectivity index (χ4n) is 3.51. The highest BCUT2D eigenvalue weighted by molar-refractivity contribution is 6.31. The molecule has 2 amide bonds. The average Bonchev–Trinajstić information content (AvgIpc) is 3.42. The molecule has 37 heavy (non-hydrogen) atoms. The third kappa shape index (κ3) is 4.98. The van der Waals surface area contributed by atoms with Crippen molar-refractivity contribution in [3.63, 3.8) is 0 Å². The Morgan fingerprint density at radius 1 is 0.892 bits per heavy atom. The number of anilines is 2. The summed E-state index contributed by atoms with van der Waals surface area (Å²) in [6.45, 7) is 0. The number of rotatable bonds is 5. The summed E-state index contributed by atoms with van der Waals surface area (Å²) in [5.41, 5.74) is 0.249. The molecular weight excluding hydrogens is 509 g/mol. The summed E-state index contributed by atoms with van der Waals surface area (Å²) in [6, 6.07) is 8.75. The van der Waals surface area contributed by atoms with Crippen LogP contribution in [-0.4, -0.2) is 31.3 Å². The van der Waals surface area contributed by atoms with Crippen LogP contribution in [0, 0.1) is 17.5 Å². The van der Waals surface area contributed by atoms with Crippen LogP contribution in [0.15, 0.2) is 73.4 Å². The summed E-state index contributed by atoms with van der Waals surface area (Å²) in [6.07, 6.45) is 6.30. The Bertz CT molecular complexity index is 1680. The summed E-state index contributed by atoms with van der Waals surface area (Å²) >= 11 is 5.69. The summed E-state index contributed by atoms with van der Waals surface area (Å²) in [4.78, 5) is 38.1. The van der Waals surface area contributed by atoms with Crippen LogP contribution >= 0.6 is 11.6 Å². The largest absolute Gasteiger partial charge is 0.323 e. The molecule has 3 aromatic carbocycles. The van der Waals surface area contributed by atoms with E-state index in [1.54, 1.807) is 17.0 Å². The molecule has 0 spiro atoms. The van der Waals surface area contributed by atoms with E-state index in [4.69, 9.17) is 11.6 Å². The molecule has 5 aromatic rings. The molecule has 2 heterocycles. The number of imidazole rings is 1. The molecule has 0 bridgehead atoms. The molecular formula is C25H14ClF3N6O2. The van der Waals surface area contributed by atoms with Gasteiger partial charge in [0.15, 0.2) is 23.2 Å². The second-order valence-corrected chi connectivity index (χ2v) is 8.17. The minimum Gasteiger partial charge on any atom is -0.308 e. The lowest BCUT2D eigenvalue weighted by molar-refractivity contribution is 0.103. The van der Waals surface area contributed by atoms with E-state index in [9.17, 15) is 22.8 Å². The monoisotopic (exact) mass is 522 g/mol. The first kappa shape index (κ1) is 23.9. The second kappa shape index (κ2) is 9.70. The van der Waals surface area contributed by atoms with Crippen molar-refractivity contribution in [1.29, 1.82) is 0 Å². The van der Waals surface area contributed by atoms with Crippen LogP contribution in [0.4, 0.5) is 29.3 Å². The van der Waals surface area contributed by atoms with Crippen LogP contribution < -0.4 is 10.6 Å². The number of hydrogen-bond donors (Lipinski definition) is 2. The number of ketones is 1. The fourth-order valence-corrected chi connectivity index (χ4v) is 3.69. The molecule has 0 fully saturated rings. The SMILES string of the molecule is O=C(Nc1ccc(F)c(Cl)c1)Nc1cc(F)c(F)c(C(=O)c2ccc3ncc(-n4ccnc4)nc3c2)c1. The maximum absolute atomic E-state index is 14.6. The van der Waals surface area contributed by atoms with Gasteiger partial charge in [-0.2, -0.15) is 0 Å². The maximum Gasteiger partial charge on any atom is 0.323 e. The van der Waals surface area contributed by atoms with Gasteiger partial charge in [0, 0.05) is 35.4 Å². The van der Waals surface area contributed by atoms with Crippen molar-refractivity contribution < 1.29 is 22.8 Å². The standard InChI is InChI=1S/C25H14ClF3N6O2/c26-17-9-14(2-3-18(17)27)32-25(37)33-15-8-16(23(29)19(28)10-15)24(36)13-1-4-20-21(7-13)34-22(11-31-20)35-6-5-30-12-35/h1-12H,(H2,32,33,37). The van der Waals surface area contributed by atoms with E-state index in [2.05, 4.69) is 25.6 Å². The van der Waals surface area contributed by atoms with E-state index in [1.807, 2.05) is 0 Å². The Balaban J connectivity index is 1.42. The normalized spacial score (nSPS) is 10.9. The highest BCUT2D eigenvalue weighted by Crippen LogP contribution is 2.24. The van der Waals surface area contributed by atoms with Gasteiger partial charge in [0.25, 0.3) is 0 Å². The van der Waals surface area contributed by atoms with E-state index in [-0.39, 0.29) is 22.0 Å². The van der Waals surface area contributed by atoms with Gasteiger partial charge < -0.3 is 10.6 Å². The maximum atomic E-state index is 14.6. The zero-order valence-electron chi connectivity index (χ0n) is 18.5. The number of fused-ring (bicyclic) bond motifs is 1. The Kier molecular flexibility index (Phi) is 6.28. The number of hydrogen-bond acceptors (Lipinski definition) is 5. The molecule has 0 saturated carbocycles. The van der Waals surface area contributed by atoms with Crippen molar-refractivity contribution in [2.24, 2.45) is 0 Å². The van der Waals surface area contributed by atoms with Gasteiger partial charge in [-0.05, 0) is 42.5 Å². The predicted molar refractivity (Wildman–Crippen MR) is 131 cm³/mol. The molecule has 0 radical (unpaired) electrons. The third-order valence-corrected chi connectivity index (χ3v) is 5.56. The Morgan fingerprint density at radius 3 is 2.46 bits per heavy atom. The molecule has 2 aromatic heterocycles. The van der Waals surface area contributed by atoms with E-state index in [0.717, 1.165) is 18.2 Å². The lowest BCUT2D eigenvalue weighted by Gasteiger charge is -2.11. The van der Waals surface area contributed by atoms with Crippen LogP contribution in [0.25, 0.3) is 16.9 Å². The zero-order valence-corrected chi connectivity index (χ0v) is 19.3. The summed E-state index contributed by atoms with van der Waals surface area (Å²) < 4.78 is 43.9. The van der Waals surface area contributed by atoms with Crippen LogP contribution in [0.1, 0.15) is 15.9 Å². The smallest absolute Gasteiger partial charge is 0.308 e. The molecule has 0 saturated heterocycles. The van der Waals surface area contributed by atoms with Crippen molar-refractivity contribution in [2.45, 2.75) is 0 Å². The zero-order chi connectivity index (χ0) is 26.1. The molecule has 2 N–H and O–H groups in total. The molecule has 0 unspecified atom stereocenters. The van der Waals surface area contributed by atoms with Gasteiger partial charge in [-0.15, -0.1) is 0 Å². The molecule has 0 aliphatic carbocycles. The van der Waals surface area contributed by atoms with Crippen molar-refractivity contribution in [2.75, 3.05) is 10.6 Å². The van der Waals surface area contributed by atoms with Gasteiger partial charge in [0.2, 0.25) is 0 Å². The topological polar surface area (TPSA) is 102 Å². The molecule has 12 heteroatoms. The minimum absolute atomic E-state index is 0.0328. The van der Waals surface area contributed by atoms with Gasteiger partial charge >= 0.3 is 6.03 Å². The first-order valence-corrected chi connectivity index (χ1v) is 11.0. The third-order valence-electron chi connectivity index (χ3n) is 5.27. The van der Waals surface area contributed by atoms with E-state index < -0.39 is 34.8 Å². The van der Waals surface area contributed by atoms with Gasteiger partial charge in [0.05, 0.1) is 27.8 Å². The first-order chi connectivity index (χ1) is 17.8. The molecule has 8 nitrogen and oxygen atoms in total. The number of halogens is 4. The van der Waals surface area contributed by atoms with Crippen molar-refractivity contribution in [3.8, 4) is 5.82 Å². The van der Waals surface area contributed by atoms with Crippen LogP contribution in [0.2, 0.25) is 5.02 Å². The van der Waals surface area contributed by atoms with Crippen LogP contribution in [-0.2, 0) is 0 Å². The lowest BCUT2D eigenvalue weighted by Crippen LogP contribution is -2.20. The number of urea groups is 1. The quantitative estimate of drug-likeness (QED) is 0.286. The fraction of sp³-hybridized carbons (Fsp3) is 0. The first-order valence-electron chi connectivity index (χ1n) is 10.6. The van der Waals surface area contributed by atoms with Crippen molar-refractivity contribution in [1.82, 2.24) is 19.5 Å². The van der Waals surface area contributed by atoms with Gasteiger partial charge in [-0.3, -0.25) is 14.3 Å². The summed E-state index contributed by atoms with van der Waals surface area (Å²) in [5.74, 6) is -3.77. The molecule has 0 atom stereocenters. The molecule has 5 rings (SSSR count). The molecule has 0 aliphatic rings. The highest BCUT2D eigenvalue weighted by atomic mass is 35.5. The van der Waals surface area contributed by atoms with Gasteiger partial charge in [0.1, 0.15) is 12.1 Å². The second-order valence-electron chi connectivity index (χ2n) is 7.76. The summed E-state index contributed by atoms with van der Waals surface area (Å²) in [5, 5.41) is 4.49. The van der Waals surface area contributed by atoms with Crippen molar-refractivity contribution in [3.05, 3.63) is 107 Å². The number of nitrogens with one attached hydrogen (secondary N) is 2. The molecule has 0 aliphatic heterocycles. The number of amides is 2. The number of aromatic nitrogens is 4. The lowest BCUT2D eigenvalue weighted by atomic mass is 10.0. The van der Waals surface area contributed by atoms with Gasteiger partial charge in [-0.25, -0.2) is 27.9 Å². The van der Waals surface area contributed by atoms with E-state index >= 15 is 0 Å². The van der Waals surface area contributed by atoms with E-state index in [1.165, 1.54) is 42.9 Å². The summed E-state index contributed by atoms with van der Waals surface area (Å²) in [7, 11) is 0.